The van der Waals surface area contributed by atoms with Crippen LogP contribution in [0.1, 0.15) is 35.7 Å². The summed E-state index contributed by atoms with van der Waals surface area (Å²) in [7, 11) is 0. The lowest BCUT2D eigenvalue weighted by Gasteiger charge is -2.15. The lowest BCUT2D eigenvalue weighted by Crippen LogP contribution is -2.07. The van der Waals surface area contributed by atoms with Gasteiger partial charge >= 0.3 is 5.97 Å². The molecule has 0 saturated carbocycles. The number of carboxylic acids is 1. The highest BCUT2D eigenvalue weighted by atomic mass is 79.9. The lowest BCUT2D eigenvalue weighted by molar-refractivity contribution is 0.0691. The number of halogens is 1. The Morgan fingerprint density at radius 3 is 2.75 bits per heavy atom. The zero-order chi connectivity index (χ0) is 14.7. The average Bonchev–Trinajstić information content (AvgIpc) is 2.39. The van der Waals surface area contributed by atoms with Crippen molar-refractivity contribution in [3.63, 3.8) is 0 Å². The molecule has 3 nitrogen and oxygen atoms in total. The second kappa shape index (κ2) is 6.27. The van der Waals surface area contributed by atoms with Crippen LogP contribution >= 0.6 is 15.9 Å². The molecule has 1 N–H and O–H groups in total. The van der Waals surface area contributed by atoms with Gasteiger partial charge in [-0.25, -0.2) is 4.79 Å². The third-order valence-corrected chi connectivity index (χ3v) is 3.93. The maximum Gasteiger partial charge on any atom is 0.339 e. The number of ether oxygens (including phenoxy) is 1. The summed E-state index contributed by atoms with van der Waals surface area (Å²) in [5.41, 5.74) is 0.968. The van der Waals surface area contributed by atoms with E-state index in [1.165, 1.54) is 0 Å². The van der Waals surface area contributed by atoms with Crippen LogP contribution in [0.25, 0.3) is 10.8 Å². The molecule has 0 fully saturated rings. The van der Waals surface area contributed by atoms with Gasteiger partial charge in [-0.2, -0.15) is 0 Å². The van der Waals surface area contributed by atoms with Crippen molar-refractivity contribution in [2.45, 2.75) is 26.7 Å². The maximum atomic E-state index is 11.5. The van der Waals surface area contributed by atoms with Crippen LogP contribution in [0.4, 0.5) is 0 Å². The summed E-state index contributed by atoms with van der Waals surface area (Å²) >= 11 is 3.51. The van der Waals surface area contributed by atoms with E-state index in [2.05, 4.69) is 22.9 Å². The van der Waals surface area contributed by atoms with E-state index in [0.29, 0.717) is 17.9 Å². The van der Waals surface area contributed by atoms with Gasteiger partial charge in [-0.15, -0.1) is 0 Å². The van der Waals surface area contributed by atoms with Crippen molar-refractivity contribution in [1.29, 1.82) is 0 Å². The Morgan fingerprint density at radius 2 is 2.10 bits per heavy atom. The number of hydrogen-bond donors (Lipinski definition) is 1. The van der Waals surface area contributed by atoms with Gasteiger partial charge in [0.05, 0.1) is 6.61 Å². The summed E-state index contributed by atoms with van der Waals surface area (Å²) in [6.07, 6.45) is 1.92. The number of fused-ring (bicyclic) bond motifs is 1. The maximum absolute atomic E-state index is 11.5. The van der Waals surface area contributed by atoms with Crippen molar-refractivity contribution < 1.29 is 14.6 Å². The molecule has 0 amide bonds. The molecule has 0 unspecified atom stereocenters. The number of aromatic carboxylic acids is 1. The second-order valence-corrected chi connectivity index (χ2v) is 5.59. The summed E-state index contributed by atoms with van der Waals surface area (Å²) in [5, 5.41) is 11.2. The zero-order valence-electron chi connectivity index (χ0n) is 11.6. The Kier molecular flexibility index (Phi) is 4.65. The average molecular weight is 337 g/mol. The smallest absolute Gasteiger partial charge is 0.339 e. The van der Waals surface area contributed by atoms with Gasteiger partial charge in [-0.3, -0.25) is 0 Å². The predicted octanol–water partition coefficient (Wildman–Crippen LogP) is 4.79. The molecule has 0 spiro atoms. The molecule has 0 heterocycles. The topological polar surface area (TPSA) is 46.5 Å². The number of benzene rings is 2. The summed E-state index contributed by atoms with van der Waals surface area (Å²) in [6.45, 7) is 4.41. The monoisotopic (exact) mass is 336 g/mol. The highest BCUT2D eigenvalue weighted by Gasteiger charge is 2.19. The summed E-state index contributed by atoms with van der Waals surface area (Å²) in [5.74, 6) is -0.474. The predicted molar refractivity (Wildman–Crippen MR) is 83.7 cm³/mol. The molecular weight excluding hydrogens is 320 g/mol. The minimum Gasteiger partial charge on any atom is -0.492 e. The Balaban J connectivity index is 2.66. The van der Waals surface area contributed by atoms with E-state index in [4.69, 9.17) is 4.74 Å². The first-order valence-electron chi connectivity index (χ1n) is 6.64. The fourth-order valence-corrected chi connectivity index (χ4v) is 2.70. The largest absolute Gasteiger partial charge is 0.492 e. The number of carboxylic acid groups (broad SMARTS) is 1. The van der Waals surface area contributed by atoms with Gasteiger partial charge in [-0.1, -0.05) is 41.4 Å². The lowest BCUT2D eigenvalue weighted by atomic mass is 10.00. The van der Waals surface area contributed by atoms with Crippen LogP contribution in [-0.2, 0) is 0 Å². The van der Waals surface area contributed by atoms with Crippen molar-refractivity contribution in [2.24, 2.45) is 0 Å². The van der Waals surface area contributed by atoms with E-state index < -0.39 is 5.97 Å². The molecule has 0 atom stereocenters. The van der Waals surface area contributed by atoms with E-state index in [1.807, 2.05) is 24.3 Å². The van der Waals surface area contributed by atoms with Gasteiger partial charge in [0.2, 0.25) is 0 Å². The fraction of sp³-hybridized carbons (Fsp3) is 0.312. The SMILES string of the molecule is CCCCOc1c(C(=O)O)c(C)cc2c(Br)cccc12. The molecule has 2 aromatic carbocycles. The van der Waals surface area contributed by atoms with Gasteiger partial charge in [0.1, 0.15) is 11.3 Å². The van der Waals surface area contributed by atoms with Crippen molar-refractivity contribution in [3.8, 4) is 5.75 Å². The van der Waals surface area contributed by atoms with Crippen LogP contribution in [-0.4, -0.2) is 17.7 Å². The Morgan fingerprint density at radius 1 is 1.35 bits per heavy atom. The van der Waals surface area contributed by atoms with Crippen molar-refractivity contribution in [2.75, 3.05) is 6.61 Å². The van der Waals surface area contributed by atoms with Crippen LogP contribution in [0.15, 0.2) is 28.7 Å². The summed E-state index contributed by atoms with van der Waals surface area (Å²) in [6, 6.07) is 7.61. The van der Waals surface area contributed by atoms with E-state index in [1.54, 1.807) is 6.92 Å². The minimum atomic E-state index is -0.948. The molecule has 0 bridgehead atoms. The number of unbranched alkanes of at least 4 members (excludes halogenated alkanes) is 1. The first-order valence-corrected chi connectivity index (χ1v) is 7.43. The number of rotatable bonds is 5. The highest BCUT2D eigenvalue weighted by Crippen LogP contribution is 2.36. The molecule has 106 valence electrons. The third kappa shape index (κ3) is 2.80. The van der Waals surface area contributed by atoms with Gasteiger partial charge < -0.3 is 9.84 Å². The van der Waals surface area contributed by atoms with Gasteiger partial charge in [-0.05, 0) is 36.4 Å². The molecule has 4 heteroatoms. The molecule has 20 heavy (non-hydrogen) atoms. The quantitative estimate of drug-likeness (QED) is 0.798. The van der Waals surface area contributed by atoms with Crippen LogP contribution < -0.4 is 4.74 Å². The summed E-state index contributed by atoms with van der Waals surface area (Å²) in [4.78, 5) is 11.5. The Labute approximate surface area is 126 Å². The van der Waals surface area contributed by atoms with Crippen molar-refractivity contribution in [3.05, 3.63) is 39.9 Å². The molecule has 0 aliphatic heterocycles. The number of carbonyl (C=O) groups is 1. The fourth-order valence-electron chi connectivity index (χ4n) is 2.22. The van der Waals surface area contributed by atoms with Crippen molar-refractivity contribution in [1.82, 2.24) is 0 Å². The minimum absolute atomic E-state index is 0.256. The molecule has 0 aliphatic rings. The van der Waals surface area contributed by atoms with Crippen LogP contribution in [0.2, 0.25) is 0 Å². The van der Waals surface area contributed by atoms with Gasteiger partial charge in [0.25, 0.3) is 0 Å². The van der Waals surface area contributed by atoms with Crippen LogP contribution in [0.5, 0.6) is 5.75 Å². The van der Waals surface area contributed by atoms with E-state index in [-0.39, 0.29) is 5.56 Å². The standard InChI is InChI=1S/C16H17BrO3/c1-3-4-8-20-15-11-6-5-7-13(17)12(11)9-10(2)14(15)16(18)19/h5-7,9H,3-4,8H2,1-2H3,(H,18,19). The first kappa shape index (κ1) is 14.9. The van der Waals surface area contributed by atoms with Crippen LogP contribution in [0.3, 0.4) is 0 Å². The molecule has 2 aromatic rings. The van der Waals surface area contributed by atoms with E-state index >= 15 is 0 Å². The second-order valence-electron chi connectivity index (χ2n) is 4.74. The summed E-state index contributed by atoms with van der Waals surface area (Å²) < 4.78 is 6.73. The van der Waals surface area contributed by atoms with E-state index in [0.717, 1.165) is 28.1 Å². The Hall–Kier alpha value is -1.55. The normalized spacial score (nSPS) is 10.8. The first-order chi connectivity index (χ1) is 9.56. The van der Waals surface area contributed by atoms with Gasteiger partial charge in [0.15, 0.2) is 0 Å². The van der Waals surface area contributed by atoms with E-state index in [9.17, 15) is 9.90 Å². The molecular formula is C16H17BrO3. The molecule has 0 aliphatic carbocycles. The molecule has 0 radical (unpaired) electrons. The number of aryl methyl sites for hydroxylation is 1. The van der Waals surface area contributed by atoms with Gasteiger partial charge in [0, 0.05) is 9.86 Å². The van der Waals surface area contributed by atoms with Crippen molar-refractivity contribution >= 4 is 32.7 Å². The molecule has 2 rings (SSSR count). The molecule has 0 saturated heterocycles. The zero-order valence-corrected chi connectivity index (χ0v) is 13.2. The highest BCUT2D eigenvalue weighted by molar-refractivity contribution is 9.10. The van der Waals surface area contributed by atoms with Crippen LogP contribution in [0, 0.1) is 6.92 Å². The Bertz CT molecular complexity index is 650. The third-order valence-electron chi connectivity index (χ3n) is 3.24. The molecule has 0 aromatic heterocycles. The number of hydrogen-bond acceptors (Lipinski definition) is 2.